The van der Waals surface area contributed by atoms with Crippen molar-refractivity contribution in [2.75, 3.05) is 31.6 Å². The smallest absolute Gasteiger partial charge is 0.410 e. The van der Waals surface area contributed by atoms with Crippen molar-refractivity contribution in [1.82, 2.24) is 31.2 Å². The second-order valence-electron chi connectivity index (χ2n) is 31.1. The molecule has 25 nitrogen and oxygen atoms in total. The molecule has 584 valence electrons. The standard InChI is InChI=1S/C78H98F3N8O17PS/c1-45(50-24-27-55(28-25-50)78(80,81)107(100,105-43-103-72(98)75(7,8)9)106-44-104-73(99)76(10,11)12)35-63(92)85-58-29-26-51-16-13-17-52-36-60(89(64(51)52)69(58)95)68(94)86-57(30-31-62(82)91)47(3)102-41-49-20-18-48(19-21-49)15-14-34-101-61-37-53(65-46(2)84-42-108-65)22-23-54(61)39-83-67(93)59-38-56(90)40-88(59)70(96)66(74(4,5)6)87-71(97)77(79)32-33-77/h13,16-25,27-28,35,37,42,47,56-60,66,90H,14-15,26,29-34,36,38-41,43-44H2,1-12H3,(H2,82,91)(H,83,93)(H,85,92)(H,86,94)(H,87,97)/b45-35+/t47-,56-,57+,58+,59+,60+,66-/m1/s1. The van der Waals surface area contributed by atoms with E-state index in [-0.39, 0.29) is 75.8 Å². The molecule has 1 saturated carbocycles. The van der Waals surface area contributed by atoms with Crippen LogP contribution in [0.2, 0.25) is 0 Å². The van der Waals surface area contributed by atoms with Gasteiger partial charge in [0.05, 0.1) is 64.1 Å². The number of benzene rings is 4. The molecule has 2 fully saturated rings. The molecular weight excluding hydrogens is 1440 g/mol. The van der Waals surface area contributed by atoms with E-state index in [1.165, 1.54) is 87.8 Å². The molecule has 7 N–H and O–H groups in total. The molecule has 0 radical (unpaired) electrons. The second-order valence-corrected chi connectivity index (χ2v) is 34.0. The normalized spacial score (nSPS) is 18.7. The molecule has 3 aliphatic heterocycles. The third-order valence-corrected chi connectivity index (χ3v) is 22.1. The lowest BCUT2D eigenvalue weighted by Gasteiger charge is -2.35. The molecule has 7 amide bonds. The number of aryl methyl sites for hydroxylation is 3. The number of esters is 2. The maximum atomic E-state index is 16.3. The molecule has 5 aromatic rings. The number of carbonyl (C=O) groups excluding carboxylic acids is 9. The van der Waals surface area contributed by atoms with E-state index in [9.17, 15) is 57.2 Å². The molecule has 4 aromatic carbocycles. The Morgan fingerprint density at radius 2 is 1.48 bits per heavy atom. The summed E-state index contributed by atoms with van der Waals surface area (Å²) in [4.78, 5) is 129. The number of alkyl halides is 3. The van der Waals surface area contributed by atoms with Crippen molar-refractivity contribution in [3.63, 3.8) is 0 Å². The SMILES string of the molecule is C/C(=C\C(=O)N[C@H]1CCc2cccc3c2N(C1=O)[C@H](C(=O)N[C@@H](CCC(N)=O)[C@@H](C)OCc1ccc(CCCOc2cc(-c4scnc4C)ccc2CNC(=O)[C@@H]2C[C@@H](O)CN2C(=O)[C@@H](NC(=O)C2(F)CC2)C(C)(C)C)cc1)C3)c1ccc(C(F)(F)P(=O)(OCOC(=O)C(C)(C)C)OCOC(=O)C(C)(C)C)cc1. The number of nitrogens with two attached hydrogens (primary N) is 1. The molecule has 0 unspecified atom stereocenters. The summed E-state index contributed by atoms with van der Waals surface area (Å²) in [5.41, 5.74) is 3.98. The number of aliphatic hydroxyl groups excluding tert-OH is 1. The van der Waals surface area contributed by atoms with Crippen LogP contribution in [0, 0.1) is 23.2 Å². The van der Waals surface area contributed by atoms with Crippen molar-refractivity contribution in [1.29, 1.82) is 0 Å². The van der Waals surface area contributed by atoms with Crippen LogP contribution in [0.25, 0.3) is 16.0 Å². The van der Waals surface area contributed by atoms with Crippen LogP contribution in [0.5, 0.6) is 5.75 Å². The average Bonchev–Trinajstić information content (AvgIpc) is 1.58. The van der Waals surface area contributed by atoms with Gasteiger partial charge in [0.1, 0.15) is 29.9 Å². The summed E-state index contributed by atoms with van der Waals surface area (Å²) in [6.07, 6.45) is 1.50. The van der Waals surface area contributed by atoms with Crippen molar-refractivity contribution in [2.24, 2.45) is 22.0 Å². The second kappa shape index (κ2) is 34.4. The molecule has 1 aliphatic carbocycles. The predicted octanol–water partition coefficient (Wildman–Crippen LogP) is 10.3. The van der Waals surface area contributed by atoms with Gasteiger partial charge in [-0.15, -0.1) is 11.3 Å². The van der Waals surface area contributed by atoms with Crippen LogP contribution in [0.1, 0.15) is 166 Å². The summed E-state index contributed by atoms with van der Waals surface area (Å²) in [6, 6.07) is 18.2. The lowest BCUT2D eigenvalue weighted by Crippen LogP contribution is -2.59. The van der Waals surface area contributed by atoms with Crippen LogP contribution in [-0.2, 0) is 109 Å². The highest BCUT2D eigenvalue weighted by atomic mass is 32.1. The molecule has 4 aliphatic rings. The fourth-order valence-corrected chi connectivity index (χ4v) is 14.7. The average molecular weight is 1540 g/mol. The number of halogens is 3. The molecule has 1 aromatic heterocycles. The van der Waals surface area contributed by atoms with Crippen LogP contribution in [-0.4, -0.2) is 143 Å². The van der Waals surface area contributed by atoms with Gasteiger partial charge in [-0.25, -0.2) is 9.37 Å². The molecule has 9 rings (SSSR count). The summed E-state index contributed by atoms with van der Waals surface area (Å²) in [6.45, 7) is 17.4. The minimum Gasteiger partial charge on any atom is -0.493 e. The van der Waals surface area contributed by atoms with Crippen molar-refractivity contribution in [2.45, 2.75) is 214 Å². The predicted molar refractivity (Wildman–Crippen MR) is 396 cm³/mol. The number of nitrogens with one attached hydrogen (secondary N) is 4. The first-order valence-corrected chi connectivity index (χ1v) is 38.5. The first-order valence-electron chi connectivity index (χ1n) is 36.0. The number of carbonyl (C=O) groups is 9. The molecule has 108 heavy (non-hydrogen) atoms. The van der Waals surface area contributed by atoms with E-state index in [1.54, 1.807) is 33.2 Å². The van der Waals surface area contributed by atoms with Gasteiger partial charge in [0.15, 0.2) is 5.67 Å². The van der Waals surface area contributed by atoms with E-state index in [2.05, 4.69) is 26.3 Å². The number of likely N-dealkylation sites (tertiary alicyclic amines) is 1. The highest BCUT2D eigenvalue weighted by Crippen LogP contribution is 2.67. The third kappa shape index (κ3) is 20.5. The van der Waals surface area contributed by atoms with Gasteiger partial charge >= 0.3 is 25.2 Å². The van der Waals surface area contributed by atoms with Crippen molar-refractivity contribution >= 4 is 83.5 Å². The largest absolute Gasteiger partial charge is 0.493 e. The Labute approximate surface area is 630 Å². The number of aliphatic hydroxyl groups is 1. The Balaban J connectivity index is 0.795. The van der Waals surface area contributed by atoms with Gasteiger partial charge in [-0.2, -0.15) is 8.78 Å². The number of anilines is 1. The zero-order valence-electron chi connectivity index (χ0n) is 63.0. The van der Waals surface area contributed by atoms with Gasteiger partial charge in [-0.3, -0.25) is 61.7 Å². The summed E-state index contributed by atoms with van der Waals surface area (Å²) >= 11 is 1.48. The maximum absolute atomic E-state index is 16.3. The topological polar surface area (TPSA) is 340 Å². The highest BCUT2D eigenvalue weighted by molar-refractivity contribution is 7.54. The minimum atomic E-state index is -5.63. The first kappa shape index (κ1) is 83.2. The quantitative estimate of drug-likeness (QED) is 0.00766. The number of rotatable bonds is 32. The Morgan fingerprint density at radius 1 is 0.843 bits per heavy atom. The van der Waals surface area contributed by atoms with Gasteiger partial charge in [-0.05, 0) is 158 Å². The lowest BCUT2D eigenvalue weighted by atomic mass is 9.85. The molecule has 0 spiro atoms. The number of hydrogen-bond donors (Lipinski definition) is 6. The van der Waals surface area contributed by atoms with Crippen molar-refractivity contribution < 1.29 is 94.0 Å². The molecule has 1 saturated heterocycles. The van der Waals surface area contributed by atoms with E-state index < -0.39 is 150 Å². The monoisotopic (exact) mass is 1540 g/mol. The lowest BCUT2D eigenvalue weighted by molar-refractivity contribution is -0.163. The number of β-amino-alcohol motifs (C(OH)–C–C–N with tert-alkyl or cyclic N) is 1. The highest BCUT2D eigenvalue weighted by Gasteiger charge is 2.57. The summed E-state index contributed by atoms with van der Waals surface area (Å²) in [7, 11) is -5.63. The van der Waals surface area contributed by atoms with Crippen LogP contribution >= 0.6 is 18.9 Å². The summed E-state index contributed by atoms with van der Waals surface area (Å²) in [5.74, 6) is -5.52. The molecule has 30 heteroatoms. The van der Waals surface area contributed by atoms with Gasteiger partial charge < -0.3 is 56.0 Å². The number of aromatic nitrogens is 1. The van der Waals surface area contributed by atoms with Crippen LogP contribution in [0.4, 0.5) is 18.9 Å². The van der Waals surface area contributed by atoms with E-state index in [4.69, 9.17) is 33.7 Å². The summed E-state index contributed by atoms with van der Waals surface area (Å²) < 4.78 is 94.1. The fourth-order valence-electron chi connectivity index (χ4n) is 12.7. The third-order valence-electron chi connectivity index (χ3n) is 19.3. The zero-order chi connectivity index (χ0) is 79.0. The Hall–Kier alpha value is -8.86. The number of thiazole rings is 1. The van der Waals surface area contributed by atoms with Gasteiger partial charge in [0.2, 0.25) is 49.0 Å². The van der Waals surface area contributed by atoms with Crippen LogP contribution in [0.15, 0.2) is 96.5 Å². The van der Waals surface area contributed by atoms with E-state index in [0.29, 0.717) is 42.9 Å². The number of amides is 7. The fraction of sp³-hybridized carbons (Fsp3) is 0.513. The summed E-state index contributed by atoms with van der Waals surface area (Å²) in [5, 5.41) is 22.1. The molecule has 4 heterocycles. The molecule has 7 atom stereocenters. The number of para-hydroxylation sites is 1. The number of primary amides is 1. The molecular formula is C78H98F3N8O17PS. The van der Waals surface area contributed by atoms with E-state index in [1.807, 2.05) is 67.6 Å². The van der Waals surface area contributed by atoms with Crippen LogP contribution < -0.4 is 36.6 Å². The Morgan fingerprint density at radius 3 is 2.08 bits per heavy atom. The number of hydrogen-bond acceptors (Lipinski definition) is 19. The van der Waals surface area contributed by atoms with Crippen LogP contribution in [0.3, 0.4) is 0 Å². The van der Waals surface area contributed by atoms with Gasteiger partial charge in [0, 0.05) is 49.6 Å². The minimum absolute atomic E-state index is 0.0217. The van der Waals surface area contributed by atoms with E-state index in [0.717, 1.165) is 50.5 Å². The Kier molecular flexibility index (Phi) is 26.5. The number of nitrogens with zero attached hydrogens (tertiary/aromatic N) is 3. The van der Waals surface area contributed by atoms with E-state index >= 15 is 8.78 Å². The Bertz CT molecular complexity index is 4210. The first-order chi connectivity index (χ1) is 50.7. The van der Waals surface area contributed by atoms with Crippen molar-refractivity contribution in [3.05, 3.63) is 141 Å². The molecule has 0 bridgehead atoms. The number of allylic oxidation sites excluding steroid dienone is 1. The van der Waals surface area contributed by atoms with Gasteiger partial charge in [-0.1, -0.05) is 99.6 Å². The maximum Gasteiger partial charge on any atom is 0.410 e. The zero-order valence-corrected chi connectivity index (χ0v) is 64.7. The van der Waals surface area contributed by atoms with Crippen molar-refractivity contribution in [3.8, 4) is 16.2 Å². The van der Waals surface area contributed by atoms with Gasteiger partial charge in [0.25, 0.3) is 5.91 Å². The number of ether oxygens (including phenoxy) is 4.